The smallest absolute Gasteiger partial charge is 0.299 e. The zero-order chi connectivity index (χ0) is 15.0. The highest BCUT2D eigenvalue weighted by molar-refractivity contribution is 7.09. The van der Waals surface area contributed by atoms with Gasteiger partial charge in [-0.1, -0.05) is 18.5 Å². The van der Waals surface area contributed by atoms with E-state index in [4.69, 9.17) is 11.6 Å². The van der Waals surface area contributed by atoms with Crippen molar-refractivity contribution < 1.29 is 9.59 Å². The molecule has 1 amide bonds. The van der Waals surface area contributed by atoms with E-state index >= 15 is 0 Å². The van der Waals surface area contributed by atoms with Crippen LogP contribution in [0.4, 0.5) is 5.69 Å². The van der Waals surface area contributed by atoms with E-state index in [1.54, 1.807) is 29.5 Å². The summed E-state index contributed by atoms with van der Waals surface area (Å²) in [7, 11) is 0. The third kappa shape index (κ3) is 2.59. The summed E-state index contributed by atoms with van der Waals surface area (Å²) in [5, 5.41) is 3.49. The minimum atomic E-state index is -0.516. The first kappa shape index (κ1) is 14.2. The second-order valence-electron chi connectivity index (χ2n) is 4.86. The first-order valence-corrected chi connectivity index (χ1v) is 7.95. The average molecular weight is 321 g/mol. The summed E-state index contributed by atoms with van der Waals surface area (Å²) < 4.78 is 0. The number of thiazole rings is 1. The normalized spacial score (nSPS) is 13.9. The van der Waals surface area contributed by atoms with Crippen molar-refractivity contribution in [3.05, 3.63) is 44.9 Å². The maximum absolute atomic E-state index is 12.1. The van der Waals surface area contributed by atoms with Gasteiger partial charge in [0.2, 0.25) is 0 Å². The number of rotatable bonds is 4. The number of nitrogens with zero attached hydrogens (tertiary/aromatic N) is 2. The van der Waals surface area contributed by atoms with E-state index in [-0.39, 0.29) is 0 Å². The van der Waals surface area contributed by atoms with E-state index in [0.29, 0.717) is 22.8 Å². The van der Waals surface area contributed by atoms with Crippen LogP contribution in [0.5, 0.6) is 0 Å². The number of carbonyl (C=O) groups is 2. The van der Waals surface area contributed by atoms with Gasteiger partial charge in [-0.15, -0.1) is 11.3 Å². The Morgan fingerprint density at radius 2 is 2.14 bits per heavy atom. The predicted molar refractivity (Wildman–Crippen MR) is 83.1 cm³/mol. The summed E-state index contributed by atoms with van der Waals surface area (Å²) in [4.78, 5) is 30.0. The Labute approximate surface area is 131 Å². The van der Waals surface area contributed by atoms with Crippen LogP contribution in [0.1, 0.15) is 34.4 Å². The highest BCUT2D eigenvalue weighted by atomic mass is 35.5. The number of fused-ring (bicyclic) bond motifs is 1. The second-order valence-corrected chi connectivity index (χ2v) is 6.24. The van der Waals surface area contributed by atoms with Crippen molar-refractivity contribution in [1.82, 2.24) is 4.98 Å². The van der Waals surface area contributed by atoms with Gasteiger partial charge in [-0.25, -0.2) is 4.98 Å². The van der Waals surface area contributed by atoms with E-state index in [9.17, 15) is 9.59 Å². The number of aryl methyl sites for hydroxylation is 1. The van der Waals surface area contributed by atoms with Crippen LogP contribution >= 0.6 is 22.9 Å². The van der Waals surface area contributed by atoms with E-state index in [1.807, 2.05) is 5.38 Å². The molecule has 0 unspecified atom stereocenters. The van der Waals surface area contributed by atoms with Gasteiger partial charge in [0.05, 0.1) is 28.5 Å². The Balaban J connectivity index is 1.90. The largest absolute Gasteiger partial charge is 0.299 e. The summed E-state index contributed by atoms with van der Waals surface area (Å²) >= 11 is 7.55. The zero-order valence-electron chi connectivity index (χ0n) is 11.4. The molecule has 3 rings (SSSR count). The van der Waals surface area contributed by atoms with Gasteiger partial charge in [0, 0.05) is 10.4 Å². The number of carbonyl (C=O) groups excluding carboxylic acids is 2. The minimum Gasteiger partial charge on any atom is -0.299 e. The molecule has 0 bridgehead atoms. The van der Waals surface area contributed by atoms with Crippen molar-refractivity contribution in [3.8, 4) is 0 Å². The summed E-state index contributed by atoms with van der Waals surface area (Å²) in [5.74, 6) is -0.997. The van der Waals surface area contributed by atoms with Crippen LogP contribution in [-0.4, -0.2) is 16.7 Å². The van der Waals surface area contributed by atoms with Gasteiger partial charge in [0.1, 0.15) is 0 Å². The Kier molecular flexibility index (Phi) is 3.78. The van der Waals surface area contributed by atoms with Gasteiger partial charge in [0.15, 0.2) is 0 Å². The standard InChI is InChI=1S/C15H13ClN2O2S/c1-2-3-13-17-10(8-21-13)7-18-12-6-9(16)4-5-11(12)14(19)15(18)20/h4-6,8H,2-3,7H2,1H3. The second kappa shape index (κ2) is 5.58. The lowest BCUT2D eigenvalue weighted by molar-refractivity contribution is -0.114. The first-order valence-electron chi connectivity index (χ1n) is 6.69. The molecule has 0 saturated carbocycles. The van der Waals surface area contributed by atoms with Crippen LogP contribution in [0, 0.1) is 0 Å². The quantitative estimate of drug-likeness (QED) is 0.810. The van der Waals surface area contributed by atoms with Crippen molar-refractivity contribution in [2.75, 3.05) is 4.90 Å². The first-order chi connectivity index (χ1) is 10.1. The highest BCUT2D eigenvalue weighted by Crippen LogP contribution is 2.32. The molecule has 0 spiro atoms. The fourth-order valence-electron chi connectivity index (χ4n) is 2.34. The zero-order valence-corrected chi connectivity index (χ0v) is 13.0. The molecule has 1 aliphatic rings. The van der Waals surface area contributed by atoms with E-state index in [1.165, 1.54) is 4.90 Å². The summed E-state index contributed by atoms with van der Waals surface area (Å²) in [6, 6.07) is 4.87. The number of ketones is 1. The molecule has 1 aromatic carbocycles. The molecule has 0 fully saturated rings. The van der Waals surface area contributed by atoms with E-state index in [0.717, 1.165) is 23.5 Å². The Bertz CT molecular complexity index is 726. The Morgan fingerprint density at radius 1 is 1.33 bits per heavy atom. The van der Waals surface area contributed by atoms with Crippen LogP contribution in [0.2, 0.25) is 5.02 Å². The molecule has 1 aliphatic heterocycles. The molecule has 0 aliphatic carbocycles. The molecule has 1 aromatic heterocycles. The number of benzene rings is 1. The summed E-state index contributed by atoms with van der Waals surface area (Å²) in [6.45, 7) is 2.40. The van der Waals surface area contributed by atoms with Crippen molar-refractivity contribution in [3.63, 3.8) is 0 Å². The number of hydrogen-bond donors (Lipinski definition) is 0. The topological polar surface area (TPSA) is 50.3 Å². The average Bonchev–Trinajstić information content (AvgIpc) is 2.99. The summed E-state index contributed by atoms with van der Waals surface area (Å²) in [5.41, 5.74) is 1.79. The van der Waals surface area contributed by atoms with Crippen LogP contribution in [0.25, 0.3) is 0 Å². The number of amides is 1. The number of anilines is 1. The van der Waals surface area contributed by atoms with Gasteiger partial charge >= 0.3 is 0 Å². The molecule has 0 saturated heterocycles. The predicted octanol–water partition coefficient (Wildman–Crippen LogP) is 3.48. The van der Waals surface area contributed by atoms with Gasteiger partial charge in [-0.05, 0) is 31.0 Å². The van der Waals surface area contributed by atoms with E-state index in [2.05, 4.69) is 11.9 Å². The lowest BCUT2D eigenvalue weighted by Crippen LogP contribution is -2.29. The van der Waals surface area contributed by atoms with Crippen LogP contribution in [-0.2, 0) is 17.8 Å². The molecule has 21 heavy (non-hydrogen) atoms. The van der Waals surface area contributed by atoms with Crippen LogP contribution in [0.3, 0.4) is 0 Å². The maximum atomic E-state index is 12.1. The molecule has 0 N–H and O–H groups in total. The van der Waals surface area contributed by atoms with Crippen LogP contribution in [0.15, 0.2) is 23.6 Å². The SMILES string of the molecule is CCCc1nc(CN2C(=O)C(=O)c3ccc(Cl)cc32)cs1. The Hall–Kier alpha value is -1.72. The maximum Gasteiger partial charge on any atom is 0.299 e. The Morgan fingerprint density at radius 3 is 2.90 bits per heavy atom. The highest BCUT2D eigenvalue weighted by Gasteiger charge is 2.36. The van der Waals surface area contributed by atoms with Crippen molar-refractivity contribution >= 4 is 40.3 Å². The molecule has 2 heterocycles. The number of halogens is 1. The van der Waals surface area contributed by atoms with Gasteiger partial charge in [-0.2, -0.15) is 0 Å². The van der Waals surface area contributed by atoms with E-state index < -0.39 is 11.7 Å². The molecule has 0 atom stereocenters. The molecule has 108 valence electrons. The van der Waals surface area contributed by atoms with Crippen LogP contribution < -0.4 is 4.90 Å². The fourth-order valence-corrected chi connectivity index (χ4v) is 3.39. The third-order valence-corrected chi connectivity index (χ3v) is 4.51. The van der Waals surface area contributed by atoms with Crippen molar-refractivity contribution in [1.29, 1.82) is 0 Å². The fraction of sp³-hybridized carbons (Fsp3) is 0.267. The molecular formula is C15H13ClN2O2S. The van der Waals surface area contributed by atoms with Gasteiger partial charge in [-0.3, -0.25) is 14.5 Å². The van der Waals surface area contributed by atoms with Crippen molar-refractivity contribution in [2.24, 2.45) is 0 Å². The lowest BCUT2D eigenvalue weighted by Gasteiger charge is -2.15. The third-order valence-electron chi connectivity index (χ3n) is 3.32. The van der Waals surface area contributed by atoms with Gasteiger partial charge in [0.25, 0.3) is 11.7 Å². The number of hydrogen-bond acceptors (Lipinski definition) is 4. The molecule has 6 heteroatoms. The number of Topliss-reactive ketones (excluding diaryl/α,β-unsaturated/α-hetero) is 1. The molecule has 4 nitrogen and oxygen atoms in total. The molecular weight excluding hydrogens is 308 g/mol. The summed E-state index contributed by atoms with van der Waals surface area (Å²) in [6.07, 6.45) is 1.96. The lowest BCUT2D eigenvalue weighted by atomic mass is 10.1. The monoisotopic (exact) mass is 320 g/mol. The van der Waals surface area contributed by atoms with Crippen molar-refractivity contribution in [2.45, 2.75) is 26.3 Å². The molecule has 2 aromatic rings. The van der Waals surface area contributed by atoms with Gasteiger partial charge < -0.3 is 0 Å². The number of aromatic nitrogens is 1. The molecule has 0 radical (unpaired) electrons. The minimum absolute atomic E-state index is 0.304.